The fourth-order valence-corrected chi connectivity index (χ4v) is 2.94. The number of esters is 4. The van der Waals surface area contributed by atoms with Crippen molar-refractivity contribution in [2.24, 2.45) is 29.4 Å². The number of hydrogen-bond acceptors (Lipinski definition) is 7. The molecule has 0 spiro atoms. The van der Waals surface area contributed by atoms with E-state index in [0.29, 0.717) is 0 Å². The molecule has 0 aromatic heterocycles. The van der Waals surface area contributed by atoms with E-state index < -0.39 is 53.6 Å². The monoisotopic (exact) mass is 239 g/mol. The molecule has 90 valence electrons. The van der Waals surface area contributed by atoms with Crippen molar-refractivity contribution < 1.29 is 28.7 Å². The van der Waals surface area contributed by atoms with E-state index in [1.807, 2.05) is 0 Å². The third-order valence-electron chi connectivity index (χ3n) is 3.76. The predicted molar refractivity (Wildman–Crippen MR) is 48.8 cm³/mol. The lowest BCUT2D eigenvalue weighted by molar-refractivity contribution is -0.154. The summed E-state index contributed by atoms with van der Waals surface area (Å²) in [4.78, 5) is 45.7. The van der Waals surface area contributed by atoms with Gasteiger partial charge in [-0.15, -0.1) is 0 Å². The second-order valence-electron chi connectivity index (χ2n) is 4.56. The van der Waals surface area contributed by atoms with Crippen LogP contribution in [0.1, 0.15) is 6.42 Å². The second kappa shape index (κ2) is 3.13. The number of hydrogen-bond donors (Lipinski definition) is 1. The van der Waals surface area contributed by atoms with Crippen LogP contribution >= 0.6 is 0 Å². The van der Waals surface area contributed by atoms with Gasteiger partial charge in [-0.25, -0.2) is 0 Å². The first-order valence-electron chi connectivity index (χ1n) is 5.27. The van der Waals surface area contributed by atoms with Gasteiger partial charge in [0.1, 0.15) is 0 Å². The standard InChI is InChI=1S/C10H9NO6/c11-6-4-2(7(12)16-9(4)14)1-3-5(6)10(15)17-8(3)13/h2-6H,1,11H2. The van der Waals surface area contributed by atoms with Crippen molar-refractivity contribution in [2.75, 3.05) is 0 Å². The lowest BCUT2D eigenvalue weighted by atomic mass is 9.67. The van der Waals surface area contributed by atoms with Crippen molar-refractivity contribution in [1.29, 1.82) is 0 Å². The number of carbonyl (C=O) groups excluding carboxylic acids is 4. The maximum absolute atomic E-state index is 11.4. The van der Waals surface area contributed by atoms with Crippen LogP contribution in [-0.4, -0.2) is 29.9 Å². The average Bonchev–Trinajstić information content (AvgIpc) is 2.68. The normalized spacial score (nSPS) is 44.2. The lowest BCUT2D eigenvalue weighted by Gasteiger charge is -2.32. The number of cyclic esters (lactones) is 4. The molecule has 2 N–H and O–H groups in total. The summed E-state index contributed by atoms with van der Waals surface area (Å²) in [7, 11) is 0. The highest BCUT2D eigenvalue weighted by molar-refractivity contribution is 6.02. The summed E-state index contributed by atoms with van der Waals surface area (Å²) in [5, 5.41) is 0. The molecule has 17 heavy (non-hydrogen) atoms. The Labute approximate surface area is 95.2 Å². The highest BCUT2D eigenvalue weighted by Crippen LogP contribution is 2.45. The van der Waals surface area contributed by atoms with Crippen LogP contribution in [0.2, 0.25) is 0 Å². The van der Waals surface area contributed by atoms with Gasteiger partial charge in [0.2, 0.25) is 0 Å². The Balaban J connectivity index is 2.00. The quantitative estimate of drug-likeness (QED) is 0.398. The molecule has 2 heterocycles. The molecule has 4 atom stereocenters. The topological polar surface area (TPSA) is 113 Å². The van der Waals surface area contributed by atoms with Crippen LogP contribution < -0.4 is 5.73 Å². The van der Waals surface area contributed by atoms with Crippen molar-refractivity contribution in [3.63, 3.8) is 0 Å². The Bertz CT molecular complexity index is 418. The molecule has 1 saturated carbocycles. The average molecular weight is 239 g/mol. The molecule has 3 fully saturated rings. The molecule has 0 aromatic rings. The van der Waals surface area contributed by atoms with Gasteiger partial charge in [-0.2, -0.15) is 0 Å². The van der Waals surface area contributed by atoms with Gasteiger partial charge < -0.3 is 15.2 Å². The molecule has 0 bridgehead atoms. The summed E-state index contributed by atoms with van der Waals surface area (Å²) >= 11 is 0. The molecule has 1 aliphatic carbocycles. The van der Waals surface area contributed by atoms with Gasteiger partial charge in [-0.1, -0.05) is 0 Å². The molecular formula is C10H9NO6. The summed E-state index contributed by atoms with van der Waals surface area (Å²) < 4.78 is 8.99. The highest BCUT2D eigenvalue weighted by atomic mass is 16.6. The lowest BCUT2D eigenvalue weighted by Crippen LogP contribution is -2.51. The molecule has 0 radical (unpaired) electrons. The molecule has 2 saturated heterocycles. The number of fused-ring (bicyclic) bond motifs is 2. The van der Waals surface area contributed by atoms with Crippen LogP contribution in [0.15, 0.2) is 0 Å². The smallest absolute Gasteiger partial charge is 0.319 e. The van der Waals surface area contributed by atoms with E-state index in [0.717, 1.165) is 0 Å². The van der Waals surface area contributed by atoms with E-state index in [9.17, 15) is 19.2 Å². The third kappa shape index (κ3) is 1.20. The molecular weight excluding hydrogens is 230 g/mol. The zero-order valence-electron chi connectivity index (χ0n) is 8.62. The number of nitrogens with two attached hydrogens (primary N) is 1. The summed E-state index contributed by atoms with van der Waals surface area (Å²) in [6.07, 6.45) is 0.0954. The van der Waals surface area contributed by atoms with E-state index in [4.69, 9.17) is 5.73 Å². The van der Waals surface area contributed by atoms with Gasteiger partial charge in [0, 0.05) is 6.04 Å². The largest absolute Gasteiger partial charge is 0.393 e. The fraction of sp³-hybridized carbons (Fsp3) is 0.600. The Morgan fingerprint density at radius 1 is 0.824 bits per heavy atom. The van der Waals surface area contributed by atoms with Gasteiger partial charge >= 0.3 is 23.9 Å². The van der Waals surface area contributed by atoms with Crippen molar-refractivity contribution in [3.8, 4) is 0 Å². The maximum atomic E-state index is 11.4. The molecule has 3 aliphatic rings. The first-order chi connectivity index (χ1) is 8.00. The third-order valence-corrected chi connectivity index (χ3v) is 3.76. The minimum Gasteiger partial charge on any atom is -0.393 e. The van der Waals surface area contributed by atoms with Crippen molar-refractivity contribution in [3.05, 3.63) is 0 Å². The first kappa shape index (κ1) is 10.4. The molecule has 7 nitrogen and oxygen atoms in total. The summed E-state index contributed by atoms with van der Waals surface area (Å²) in [5.41, 5.74) is 5.80. The van der Waals surface area contributed by atoms with Gasteiger partial charge in [0.05, 0.1) is 23.7 Å². The zero-order chi connectivity index (χ0) is 12.3. The zero-order valence-corrected chi connectivity index (χ0v) is 8.62. The minimum atomic E-state index is -0.892. The Morgan fingerprint density at radius 3 is 1.65 bits per heavy atom. The van der Waals surface area contributed by atoms with Crippen LogP contribution in [0.3, 0.4) is 0 Å². The van der Waals surface area contributed by atoms with Gasteiger partial charge in [0.25, 0.3) is 0 Å². The molecule has 0 aromatic carbocycles. The van der Waals surface area contributed by atoms with E-state index >= 15 is 0 Å². The second-order valence-corrected chi connectivity index (χ2v) is 4.56. The Kier molecular flexibility index (Phi) is 1.91. The van der Waals surface area contributed by atoms with Crippen LogP contribution in [-0.2, 0) is 28.7 Å². The first-order valence-corrected chi connectivity index (χ1v) is 5.27. The minimum absolute atomic E-state index is 0.0954. The van der Waals surface area contributed by atoms with Crippen molar-refractivity contribution >= 4 is 23.9 Å². The molecule has 3 rings (SSSR count). The van der Waals surface area contributed by atoms with Gasteiger partial charge in [-0.05, 0) is 6.42 Å². The number of carbonyl (C=O) groups is 4. The molecule has 2 aliphatic heterocycles. The summed E-state index contributed by atoms with van der Waals surface area (Å²) in [6, 6.07) is -0.892. The SMILES string of the molecule is NC1C2C(=O)OC(=O)C2CC2C(=O)OC(=O)C21. The molecule has 4 unspecified atom stereocenters. The summed E-state index contributed by atoms with van der Waals surface area (Å²) in [6.45, 7) is 0. The van der Waals surface area contributed by atoms with Gasteiger partial charge in [0.15, 0.2) is 0 Å². The number of ether oxygens (including phenoxy) is 2. The van der Waals surface area contributed by atoms with Crippen LogP contribution in [0.25, 0.3) is 0 Å². The highest BCUT2D eigenvalue weighted by Gasteiger charge is 2.61. The summed E-state index contributed by atoms with van der Waals surface area (Å²) in [5.74, 6) is -5.86. The predicted octanol–water partition coefficient (Wildman–Crippen LogP) is -1.65. The van der Waals surface area contributed by atoms with Crippen LogP contribution in [0.4, 0.5) is 0 Å². The van der Waals surface area contributed by atoms with Crippen molar-refractivity contribution in [1.82, 2.24) is 0 Å². The van der Waals surface area contributed by atoms with Gasteiger partial charge in [-0.3, -0.25) is 19.2 Å². The van der Waals surface area contributed by atoms with E-state index in [2.05, 4.69) is 9.47 Å². The molecule has 0 amide bonds. The van der Waals surface area contributed by atoms with Crippen molar-refractivity contribution in [2.45, 2.75) is 12.5 Å². The van der Waals surface area contributed by atoms with E-state index in [1.54, 1.807) is 0 Å². The number of rotatable bonds is 0. The van der Waals surface area contributed by atoms with E-state index in [1.165, 1.54) is 0 Å². The molecule has 7 heteroatoms. The fourth-order valence-electron chi connectivity index (χ4n) is 2.94. The Hall–Kier alpha value is -1.76. The van der Waals surface area contributed by atoms with Crippen LogP contribution in [0, 0.1) is 23.7 Å². The Morgan fingerprint density at radius 2 is 1.24 bits per heavy atom. The maximum Gasteiger partial charge on any atom is 0.319 e. The van der Waals surface area contributed by atoms with E-state index in [-0.39, 0.29) is 6.42 Å². The van der Waals surface area contributed by atoms with Crippen LogP contribution in [0.5, 0.6) is 0 Å².